The van der Waals surface area contributed by atoms with E-state index in [0.29, 0.717) is 0 Å². The van der Waals surface area contributed by atoms with E-state index in [2.05, 4.69) is 15.0 Å². The zero-order valence-corrected chi connectivity index (χ0v) is 8.07. The Bertz CT molecular complexity index is 433. The van der Waals surface area contributed by atoms with E-state index < -0.39 is 0 Å². The van der Waals surface area contributed by atoms with Crippen LogP contribution in [0.1, 0.15) is 16.5 Å². The molecular weight excluding hydrogens is 170 g/mol. The van der Waals surface area contributed by atoms with Crippen molar-refractivity contribution in [3.05, 3.63) is 16.5 Å². The van der Waals surface area contributed by atoms with Gasteiger partial charge in [-0.3, -0.25) is 0 Å². The first kappa shape index (κ1) is 7.61. The van der Waals surface area contributed by atoms with Gasteiger partial charge in [0.25, 0.3) is 0 Å². The highest BCUT2D eigenvalue weighted by Gasteiger charge is 2.05. The fourth-order valence-electron chi connectivity index (χ4n) is 1.20. The molecule has 0 amide bonds. The molecule has 3 nitrogen and oxygen atoms in total. The summed E-state index contributed by atoms with van der Waals surface area (Å²) in [7, 11) is 0. The summed E-state index contributed by atoms with van der Waals surface area (Å²) in [5, 5.41) is 1.05. The third-order valence-corrected chi connectivity index (χ3v) is 2.52. The van der Waals surface area contributed by atoms with Crippen LogP contribution in [0.3, 0.4) is 0 Å². The molecule has 0 unspecified atom stereocenters. The lowest BCUT2D eigenvalue weighted by molar-refractivity contribution is 1.05. The van der Waals surface area contributed by atoms with Gasteiger partial charge in [0.1, 0.15) is 16.2 Å². The van der Waals surface area contributed by atoms with Crippen LogP contribution in [0.4, 0.5) is 0 Å². The molecule has 2 heterocycles. The summed E-state index contributed by atoms with van der Waals surface area (Å²) in [5.41, 5.74) is 1.92. The molecule has 2 aromatic rings. The second-order valence-corrected chi connectivity index (χ2v) is 3.92. The molecule has 0 spiro atoms. The summed E-state index contributed by atoms with van der Waals surface area (Å²) in [5.74, 6) is 0.823. The Morgan fingerprint density at radius 3 is 2.50 bits per heavy atom. The number of hydrogen-bond donors (Lipinski definition) is 0. The van der Waals surface area contributed by atoms with Crippen molar-refractivity contribution in [2.75, 3.05) is 0 Å². The van der Waals surface area contributed by atoms with Crippen LogP contribution in [0.5, 0.6) is 0 Å². The largest absolute Gasteiger partial charge is 0.238 e. The molecule has 0 radical (unpaired) electrons. The van der Waals surface area contributed by atoms with E-state index in [1.807, 2.05) is 20.8 Å². The van der Waals surface area contributed by atoms with E-state index in [1.54, 1.807) is 11.3 Å². The Hall–Kier alpha value is -1.03. The second-order valence-electron chi connectivity index (χ2n) is 2.74. The highest BCUT2D eigenvalue weighted by atomic mass is 32.1. The molecule has 2 rings (SSSR count). The maximum Gasteiger partial charge on any atom is 0.147 e. The Kier molecular flexibility index (Phi) is 1.58. The molecule has 0 aliphatic rings. The first-order chi connectivity index (χ1) is 5.66. The zero-order valence-electron chi connectivity index (χ0n) is 7.25. The summed E-state index contributed by atoms with van der Waals surface area (Å²) in [6, 6.07) is 0. The summed E-state index contributed by atoms with van der Waals surface area (Å²) in [4.78, 5) is 13.9. The molecule has 0 atom stereocenters. The van der Waals surface area contributed by atoms with Crippen LogP contribution in [-0.4, -0.2) is 15.0 Å². The van der Waals surface area contributed by atoms with Crippen LogP contribution in [0, 0.1) is 20.8 Å². The standard InChI is InChI=1S/C8H9N3S/c1-4-7-8(10-5(2)9-4)12-6(3)11-7/h1-3H3. The molecule has 2 aromatic heterocycles. The topological polar surface area (TPSA) is 38.7 Å². The van der Waals surface area contributed by atoms with Crippen LogP contribution >= 0.6 is 11.3 Å². The fraction of sp³-hybridized carbons (Fsp3) is 0.375. The van der Waals surface area contributed by atoms with Gasteiger partial charge in [-0.05, 0) is 20.8 Å². The normalized spacial score (nSPS) is 10.9. The lowest BCUT2D eigenvalue weighted by Crippen LogP contribution is -1.90. The third kappa shape index (κ3) is 1.08. The van der Waals surface area contributed by atoms with Crippen LogP contribution in [0.2, 0.25) is 0 Å². The van der Waals surface area contributed by atoms with Crippen molar-refractivity contribution in [2.45, 2.75) is 20.8 Å². The molecule has 0 aromatic carbocycles. The first-order valence-corrected chi connectivity index (χ1v) is 4.57. The van der Waals surface area contributed by atoms with Gasteiger partial charge in [-0.15, -0.1) is 0 Å². The van der Waals surface area contributed by atoms with Crippen molar-refractivity contribution in [2.24, 2.45) is 0 Å². The van der Waals surface area contributed by atoms with Crippen molar-refractivity contribution in [3.63, 3.8) is 0 Å². The minimum Gasteiger partial charge on any atom is -0.238 e. The van der Waals surface area contributed by atoms with Gasteiger partial charge in [0.05, 0.1) is 10.7 Å². The van der Waals surface area contributed by atoms with Gasteiger partial charge in [0.15, 0.2) is 0 Å². The van der Waals surface area contributed by atoms with E-state index in [1.165, 1.54) is 0 Å². The van der Waals surface area contributed by atoms with Crippen molar-refractivity contribution >= 4 is 21.7 Å². The number of aromatic nitrogens is 3. The molecule has 4 heteroatoms. The van der Waals surface area contributed by atoms with Gasteiger partial charge in [-0.25, -0.2) is 15.0 Å². The molecule has 0 N–H and O–H groups in total. The summed E-state index contributed by atoms with van der Waals surface area (Å²) >= 11 is 1.62. The van der Waals surface area contributed by atoms with Crippen LogP contribution in [0.15, 0.2) is 0 Å². The quantitative estimate of drug-likeness (QED) is 0.621. The molecule has 0 fully saturated rings. The van der Waals surface area contributed by atoms with Crippen LogP contribution in [-0.2, 0) is 0 Å². The van der Waals surface area contributed by atoms with Gasteiger partial charge in [-0.2, -0.15) is 0 Å². The smallest absolute Gasteiger partial charge is 0.147 e. The van der Waals surface area contributed by atoms with Crippen molar-refractivity contribution in [3.8, 4) is 0 Å². The minimum atomic E-state index is 0.823. The highest BCUT2D eigenvalue weighted by Crippen LogP contribution is 2.20. The van der Waals surface area contributed by atoms with Crippen molar-refractivity contribution in [1.82, 2.24) is 15.0 Å². The molecule has 0 saturated carbocycles. The van der Waals surface area contributed by atoms with E-state index >= 15 is 0 Å². The number of thiazole rings is 1. The molecular formula is C8H9N3S. The molecule has 62 valence electrons. The number of fused-ring (bicyclic) bond motifs is 1. The Balaban J connectivity index is 2.88. The van der Waals surface area contributed by atoms with Gasteiger partial charge >= 0.3 is 0 Å². The molecule has 12 heavy (non-hydrogen) atoms. The van der Waals surface area contributed by atoms with E-state index in [0.717, 1.165) is 26.9 Å². The van der Waals surface area contributed by atoms with E-state index in [9.17, 15) is 0 Å². The number of aryl methyl sites for hydroxylation is 3. The maximum atomic E-state index is 4.35. The van der Waals surface area contributed by atoms with Gasteiger partial charge in [-0.1, -0.05) is 11.3 Å². The maximum absolute atomic E-state index is 4.35. The predicted molar refractivity (Wildman–Crippen MR) is 49.4 cm³/mol. The molecule has 0 aliphatic carbocycles. The number of hydrogen-bond acceptors (Lipinski definition) is 4. The second kappa shape index (κ2) is 2.48. The molecule has 0 saturated heterocycles. The van der Waals surface area contributed by atoms with E-state index in [4.69, 9.17) is 0 Å². The summed E-state index contributed by atoms with van der Waals surface area (Å²) in [6.07, 6.45) is 0. The first-order valence-electron chi connectivity index (χ1n) is 3.75. The molecule has 0 bridgehead atoms. The predicted octanol–water partition coefficient (Wildman–Crippen LogP) is 2.01. The number of nitrogens with zero attached hydrogens (tertiary/aromatic N) is 3. The lowest BCUT2D eigenvalue weighted by Gasteiger charge is -1.94. The molecule has 0 aliphatic heterocycles. The highest BCUT2D eigenvalue weighted by molar-refractivity contribution is 7.18. The lowest BCUT2D eigenvalue weighted by atomic mass is 10.4. The Morgan fingerprint density at radius 2 is 1.75 bits per heavy atom. The van der Waals surface area contributed by atoms with Crippen molar-refractivity contribution < 1.29 is 0 Å². The van der Waals surface area contributed by atoms with Gasteiger partial charge in [0, 0.05) is 0 Å². The fourth-order valence-corrected chi connectivity index (χ4v) is 2.08. The summed E-state index contributed by atoms with van der Waals surface area (Å²) in [6.45, 7) is 5.86. The van der Waals surface area contributed by atoms with Crippen molar-refractivity contribution in [1.29, 1.82) is 0 Å². The average molecular weight is 179 g/mol. The average Bonchev–Trinajstić information content (AvgIpc) is 2.29. The van der Waals surface area contributed by atoms with Gasteiger partial charge in [0.2, 0.25) is 0 Å². The van der Waals surface area contributed by atoms with E-state index in [-0.39, 0.29) is 0 Å². The van der Waals surface area contributed by atoms with Gasteiger partial charge < -0.3 is 0 Å². The van der Waals surface area contributed by atoms with Crippen LogP contribution in [0.25, 0.3) is 10.3 Å². The third-order valence-electron chi connectivity index (χ3n) is 1.65. The zero-order chi connectivity index (χ0) is 8.72. The Labute approximate surface area is 74.5 Å². The number of rotatable bonds is 0. The van der Waals surface area contributed by atoms with Crippen LogP contribution < -0.4 is 0 Å². The summed E-state index contributed by atoms with van der Waals surface area (Å²) < 4.78 is 0. The Morgan fingerprint density at radius 1 is 1.00 bits per heavy atom. The monoisotopic (exact) mass is 179 g/mol. The minimum absolute atomic E-state index is 0.823. The SMILES string of the molecule is Cc1nc(C)c2nc(C)sc2n1.